The first kappa shape index (κ1) is 56.3. The van der Waals surface area contributed by atoms with Crippen LogP contribution in [0.3, 0.4) is 0 Å². The molecule has 3 aromatic heterocycles. The Morgan fingerprint density at radius 2 is 1.67 bits per heavy atom. The summed E-state index contributed by atoms with van der Waals surface area (Å²) in [5.74, 6) is -4.24. The van der Waals surface area contributed by atoms with Gasteiger partial charge in [-0.05, 0) is 92.7 Å². The number of hydrogen-bond donors (Lipinski definition) is 2. The van der Waals surface area contributed by atoms with E-state index < -0.39 is 87.5 Å². The van der Waals surface area contributed by atoms with Crippen molar-refractivity contribution < 1.29 is 55.7 Å². The molecule has 17 nitrogen and oxygen atoms in total. The zero-order valence-electron chi connectivity index (χ0n) is 42.6. The van der Waals surface area contributed by atoms with Crippen molar-refractivity contribution in [3.63, 3.8) is 0 Å². The summed E-state index contributed by atoms with van der Waals surface area (Å²) in [5, 5.41) is 14.6. The molecule has 2 aliphatic rings. The number of alkyl halides is 3. The van der Waals surface area contributed by atoms with Gasteiger partial charge in [0.05, 0.1) is 64.1 Å². The molecule has 5 heterocycles. The van der Waals surface area contributed by atoms with Crippen molar-refractivity contribution in [3.05, 3.63) is 107 Å². The minimum atomic E-state index is -5.21. The largest absolute Gasteiger partial charge is 0.478 e. The normalized spacial score (nSPS) is 16.8. The lowest BCUT2D eigenvalue weighted by Gasteiger charge is -2.35. The van der Waals surface area contributed by atoms with E-state index >= 15 is 4.39 Å². The van der Waals surface area contributed by atoms with Crippen LogP contribution in [0.4, 0.5) is 28.9 Å². The van der Waals surface area contributed by atoms with E-state index in [9.17, 15) is 42.4 Å². The quantitative estimate of drug-likeness (QED) is 0.0368. The third kappa shape index (κ3) is 12.6. The zero-order chi connectivity index (χ0) is 55.3. The lowest BCUT2D eigenvalue weighted by molar-refractivity contribution is -0.147. The van der Waals surface area contributed by atoms with E-state index in [-0.39, 0.29) is 44.4 Å². The second kappa shape index (κ2) is 23.2. The van der Waals surface area contributed by atoms with Crippen LogP contribution in [0.1, 0.15) is 83.2 Å². The molecule has 2 aromatic carbocycles. The number of rotatable bonds is 18. The topological polar surface area (TPSA) is 209 Å². The van der Waals surface area contributed by atoms with Crippen LogP contribution in [-0.4, -0.2) is 105 Å². The Hall–Kier alpha value is -7.42. The number of thiocarbonyl (C=S) groups is 1. The smallest absolute Gasteiger partial charge is 0.420 e. The summed E-state index contributed by atoms with van der Waals surface area (Å²) in [7, 11) is 0. The van der Waals surface area contributed by atoms with Gasteiger partial charge >= 0.3 is 12.1 Å². The molecule has 2 N–H and O–H groups in total. The SMILES string of the molecule is CC(=O)O[C@@H]1C[C@@H](C(=O)NCc2ccc(-c3scnc3C)cc2)N(C(=O)[C@@H](NC(=O)COCCCCOc2ccc(-c3ccc(N4C(=S)N(c5ccc(C#N)c(C(F)(F)F)c5F)C(=O)C4(C)C)cn3)cn2)C(C)(C)C)C1. The summed E-state index contributed by atoms with van der Waals surface area (Å²) in [6.07, 6.45) is -1.80. The summed E-state index contributed by atoms with van der Waals surface area (Å²) in [5.41, 5.74) is 0.278. The molecule has 5 aromatic rings. The molecule has 0 radical (unpaired) electrons. The van der Waals surface area contributed by atoms with Crippen molar-refractivity contribution in [1.29, 1.82) is 5.26 Å². The van der Waals surface area contributed by atoms with E-state index in [1.54, 1.807) is 68.1 Å². The highest BCUT2D eigenvalue weighted by Gasteiger charge is 2.52. The number of amides is 4. The molecule has 76 heavy (non-hydrogen) atoms. The van der Waals surface area contributed by atoms with E-state index in [0.717, 1.165) is 33.8 Å². The number of hydrogen-bond acceptors (Lipinski definition) is 14. The van der Waals surface area contributed by atoms with Crippen molar-refractivity contribution in [3.8, 4) is 33.6 Å². The summed E-state index contributed by atoms with van der Waals surface area (Å²) >= 11 is 7.07. The minimum absolute atomic E-state index is 0.0239. The van der Waals surface area contributed by atoms with Gasteiger partial charge in [-0.15, -0.1) is 11.3 Å². The second-order valence-electron chi connectivity index (χ2n) is 19.7. The third-order valence-electron chi connectivity index (χ3n) is 12.7. The van der Waals surface area contributed by atoms with Crippen molar-refractivity contribution in [2.45, 2.75) is 104 Å². The number of benzene rings is 2. The van der Waals surface area contributed by atoms with Crippen molar-refractivity contribution in [2.75, 3.05) is 36.2 Å². The Kier molecular flexibility index (Phi) is 17.2. The maximum absolute atomic E-state index is 15.4. The minimum Gasteiger partial charge on any atom is -0.478 e. The highest BCUT2D eigenvalue weighted by Crippen LogP contribution is 2.42. The molecule has 0 bridgehead atoms. The van der Waals surface area contributed by atoms with Crippen LogP contribution >= 0.6 is 23.6 Å². The predicted molar refractivity (Wildman–Crippen MR) is 277 cm³/mol. The maximum Gasteiger partial charge on any atom is 0.420 e. The van der Waals surface area contributed by atoms with Crippen LogP contribution in [0.15, 0.2) is 78.6 Å². The molecule has 0 spiro atoms. The Morgan fingerprint density at radius 1 is 0.961 bits per heavy atom. The van der Waals surface area contributed by atoms with Gasteiger partial charge in [-0.25, -0.2) is 14.4 Å². The van der Waals surface area contributed by atoms with Crippen LogP contribution in [-0.2, 0) is 46.2 Å². The number of pyridine rings is 2. The Labute approximate surface area is 445 Å². The summed E-state index contributed by atoms with van der Waals surface area (Å²) in [6, 6.07) is 15.4. The number of halogens is 4. The van der Waals surface area contributed by atoms with E-state index in [4.69, 9.17) is 26.4 Å². The first-order valence-corrected chi connectivity index (χ1v) is 25.3. The van der Waals surface area contributed by atoms with E-state index in [1.807, 2.05) is 31.2 Å². The highest BCUT2D eigenvalue weighted by atomic mass is 32.1. The molecule has 0 unspecified atom stereocenters. The number of aryl methyl sites for hydroxylation is 1. The van der Waals surface area contributed by atoms with Gasteiger partial charge in [-0.1, -0.05) is 45.0 Å². The number of ether oxygens (including phenoxy) is 3. The molecule has 3 atom stereocenters. The number of likely N-dealkylation sites (tertiary alicyclic amines) is 1. The number of anilines is 2. The fourth-order valence-electron chi connectivity index (χ4n) is 8.79. The van der Waals surface area contributed by atoms with E-state index in [1.165, 1.54) is 42.8 Å². The van der Waals surface area contributed by atoms with Crippen LogP contribution in [0, 0.1) is 29.5 Å². The van der Waals surface area contributed by atoms with Crippen LogP contribution < -0.4 is 25.2 Å². The van der Waals surface area contributed by atoms with Crippen molar-refractivity contribution in [2.24, 2.45) is 5.41 Å². The number of esters is 1. The molecule has 400 valence electrons. The predicted octanol–water partition coefficient (Wildman–Crippen LogP) is 8.08. The highest BCUT2D eigenvalue weighted by molar-refractivity contribution is 7.81. The van der Waals surface area contributed by atoms with E-state index in [2.05, 4.69) is 25.6 Å². The molecule has 0 aliphatic carbocycles. The van der Waals surface area contributed by atoms with Gasteiger partial charge in [0.25, 0.3) is 5.91 Å². The first-order valence-electron chi connectivity index (χ1n) is 24.1. The number of unbranched alkanes of at least 4 members (excludes halogenated alkanes) is 1. The van der Waals surface area contributed by atoms with Gasteiger partial charge < -0.3 is 34.6 Å². The Morgan fingerprint density at radius 3 is 2.28 bits per heavy atom. The summed E-state index contributed by atoms with van der Waals surface area (Å²) < 4.78 is 73.7. The monoisotopic (exact) mass is 1090 g/mol. The van der Waals surface area contributed by atoms with E-state index in [0.29, 0.717) is 40.6 Å². The van der Waals surface area contributed by atoms with Gasteiger partial charge in [0, 0.05) is 44.3 Å². The number of carbonyl (C=O) groups is 5. The zero-order valence-corrected chi connectivity index (χ0v) is 44.3. The molecular weight excluding hydrogens is 1030 g/mol. The third-order valence-corrected chi connectivity index (χ3v) is 14.0. The molecule has 2 saturated heterocycles. The van der Waals surface area contributed by atoms with Crippen LogP contribution in [0.5, 0.6) is 5.88 Å². The Bertz CT molecular complexity index is 3030. The second-order valence-corrected chi connectivity index (χ2v) is 20.9. The van der Waals surface area contributed by atoms with Crippen molar-refractivity contribution in [1.82, 2.24) is 30.5 Å². The average Bonchev–Trinajstić information content (AvgIpc) is 4.09. The fourth-order valence-corrected chi connectivity index (χ4v) is 10.1. The van der Waals surface area contributed by atoms with Gasteiger partial charge in [-0.2, -0.15) is 18.4 Å². The number of aromatic nitrogens is 3. The number of nitrogens with one attached hydrogen (secondary N) is 2. The molecular formula is C53H55F4N9O8S2. The fraction of sp³-hybridized carbons (Fsp3) is 0.396. The van der Waals surface area contributed by atoms with Gasteiger partial charge in [0.2, 0.25) is 23.6 Å². The average molecular weight is 1090 g/mol. The molecule has 23 heteroatoms. The van der Waals surface area contributed by atoms with Crippen molar-refractivity contribution >= 4 is 69.6 Å². The van der Waals surface area contributed by atoms with Gasteiger partial charge in [0.1, 0.15) is 35.9 Å². The van der Waals surface area contributed by atoms with Gasteiger partial charge in [0.15, 0.2) is 10.9 Å². The number of nitrogens with zero attached hydrogens (tertiary/aromatic N) is 7. The standard InChI is InChI=1S/C53H55F4N9O8S2/c1-30-45(76-29-62-30)33-12-10-32(11-13-33)24-61-47(69)40-22-37(74-31(2)67)27-64(40)48(70)46(51(3,4)5)63-41(68)28-72-20-8-9-21-73-42-19-15-35(25-60-42)38-17-16-36(26-59-38)66-50(75)65(49(71)52(66,6)7)39-18-14-34(23-58)43(44(39)54)53(55,56)57/h10-19,25-26,29,37,40,46H,8-9,20-22,24,27-28H2,1-7H3,(H,61,69)(H,63,68)/t37-,40+,46-/m1/s1. The Balaban J connectivity index is 0.865. The number of nitriles is 1. The number of thiazole rings is 1. The molecule has 2 fully saturated rings. The summed E-state index contributed by atoms with van der Waals surface area (Å²) in [6.45, 7) is 11.9. The maximum atomic E-state index is 15.4. The van der Waals surface area contributed by atoms with Crippen LogP contribution in [0.2, 0.25) is 0 Å². The molecule has 0 saturated carbocycles. The molecule has 2 aliphatic heterocycles. The van der Waals surface area contributed by atoms with Gasteiger partial charge in [-0.3, -0.25) is 33.9 Å². The molecule has 7 rings (SSSR count). The lowest BCUT2D eigenvalue weighted by Crippen LogP contribution is -2.58. The summed E-state index contributed by atoms with van der Waals surface area (Å²) in [4.78, 5) is 84.3. The first-order chi connectivity index (χ1) is 35.9. The number of carbonyl (C=O) groups excluding carboxylic acids is 5. The lowest BCUT2D eigenvalue weighted by atomic mass is 9.85. The van der Waals surface area contributed by atoms with Crippen LogP contribution in [0.25, 0.3) is 21.7 Å². The molecule has 4 amide bonds.